The summed E-state index contributed by atoms with van der Waals surface area (Å²) in [6.07, 6.45) is 1.12. The zero-order valence-electron chi connectivity index (χ0n) is 11.2. The second kappa shape index (κ2) is 5.27. The van der Waals surface area contributed by atoms with Crippen molar-refractivity contribution < 1.29 is 4.74 Å². The third-order valence-electron chi connectivity index (χ3n) is 3.94. The molecule has 2 heterocycles. The zero-order chi connectivity index (χ0) is 13.2. The van der Waals surface area contributed by atoms with E-state index in [2.05, 4.69) is 15.9 Å². The van der Waals surface area contributed by atoms with E-state index < -0.39 is 0 Å². The molecule has 0 saturated carbocycles. The molecule has 1 unspecified atom stereocenters. The largest absolute Gasteiger partial charge is 0.489 e. The Bertz CT molecular complexity index is 451. The Morgan fingerprint density at radius 2 is 2.16 bits per heavy atom. The van der Waals surface area contributed by atoms with Crippen molar-refractivity contribution in [1.29, 1.82) is 0 Å². The van der Waals surface area contributed by atoms with Crippen LogP contribution in [0, 0.1) is 0 Å². The van der Waals surface area contributed by atoms with Crippen LogP contribution in [0.5, 0.6) is 5.75 Å². The topological polar surface area (TPSA) is 67.8 Å². The van der Waals surface area contributed by atoms with Gasteiger partial charge in [-0.25, -0.2) is 0 Å². The highest BCUT2D eigenvalue weighted by Crippen LogP contribution is 2.33. The standard InChI is InChI=1S/C14H22N4O/c15-11-1-2-13-14(9-11)19-8-7-18(13)6-5-17-4-3-12(16)10-17/h1-2,9,12H,3-8,10,15-16H2. The van der Waals surface area contributed by atoms with Crippen LogP contribution in [0.25, 0.3) is 0 Å². The minimum Gasteiger partial charge on any atom is -0.489 e. The number of nitrogen functional groups attached to an aromatic ring is 1. The molecule has 5 heteroatoms. The summed E-state index contributed by atoms with van der Waals surface area (Å²) in [6.45, 7) is 5.91. The van der Waals surface area contributed by atoms with Crippen molar-refractivity contribution in [2.75, 3.05) is 50.0 Å². The number of anilines is 2. The van der Waals surface area contributed by atoms with E-state index in [9.17, 15) is 0 Å². The van der Waals surface area contributed by atoms with Crippen molar-refractivity contribution in [1.82, 2.24) is 4.90 Å². The van der Waals surface area contributed by atoms with Gasteiger partial charge in [-0.2, -0.15) is 0 Å². The molecule has 19 heavy (non-hydrogen) atoms. The van der Waals surface area contributed by atoms with Gasteiger partial charge in [-0.1, -0.05) is 0 Å². The lowest BCUT2D eigenvalue weighted by atomic mass is 10.2. The Morgan fingerprint density at radius 1 is 1.26 bits per heavy atom. The lowest BCUT2D eigenvalue weighted by molar-refractivity contribution is 0.295. The van der Waals surface area contributed by atoms with Gasteiger partial charge in [0.2, 0.25) is 0 Å². The van der Waals surface area contributed by atoms with Gasteiger partial charge in [0, 0.05) is 37.4 Å². The molecule has 4 N–H and O–H groups in total. The summed E-state index contributed by atoms with van der Waals surface area (Å²) < 4.78 is 5.67. The molecule has 1 fully saturated rings. The van der Waals surface area contributed by atoms with Crippen LogP contribution in [-0.2, 0) is 0 Å². The molecule has 0 amide bonds. The average Bonchev–Trinajstić information content (AvgIpc) is 2.81. The fourth-order valence-electron chi connectivity index (χ4n) is 2.85. The molecule has 3 rings (SSSR count). The van der Waals surface area contributed by atoms with Crippen LogP contribution in [0.4, 0.5) is 11.4 Å². The molecule has 0 spiro atoms. The van der Waals surface area contributed by atoms with Crippen LogP contribution in [0.3, 0.4) is 0 Å². The van der Waals surface area contributed by atoms with Crippen LogP contribution in [0.15, 0.2) is 18.2 Å². The molecule has 0 radical (unpaired) electrons. The zero-order valence-corrected chi connectivity index (χ0v) is 11.2. The highest BCUT2D eigenvalue weighted by atomic mass is 16.5. The summed E-state index contributed by atoms with van der Waals surface area (Å²) in [5.74, 6) is 0.907. The number of nitrogens with two attached hydrogens (primary N) is 2. The van der Waals surface area contributed by atoms with Crippen LogP contribution in [0.2, 0.25) is 0 Å². The maximum absolute atomic E-state index is 5.94. The number of ether oxygens (including phenoxy) is 1. The number of hydrogen-bond acceptors (Lipinski definition) is 5. The molecular weight excluding hydrogens is 240 g/mol. The minimum atomic E-state index is 0.358. The summed E-state index contributed by atoms with van der Waals surface area (Å²) in [7, 11) is 0. The van der Waals surface area contributed by atoms with Crippen molar-refractivity contribution in [3.05, 3.63) is 18.2 Å². The van der Waals surface area contributed by atoms with Crippen LogP contribution in [-0.4, -0.2) is 50.3 Å². The Labute approximate surface area is 114 Å². The van der Waals surface area contributed by atoms with E-state index in [1.807, 2.05) is 12.1 Å². The first-order chi connectivity index (χ1) is 9.22. The molecule has 1 saturated heterocycles. The van der Waals surface area contributed by atoms with E-state index in [1.165, 1.54) is 0 Å². The van der Waals surface area contributed by atoms with Gasteiger partial charge in [0.15, 0.2) is 0 Å². The van der Waals surface area contributed by atoms with Gasteiger partial charge in [0.05, 0.1) is 12.2 Å². The SMILES string of the molecule is Nc1ccc2c(c1)OCCN2CCN1CCC(N)C1. The van der Waals surface area contributed by atoms with Crippen molar-refractivity contribution in [2.24, 2.45) is 5.73 Å². The number of fused-ring (bicyclic) bond motifs is 1. The molecule has 0 aliphatic carbocycles. The summed E-state index contributed by atoms with van der Waals surface area (Å²) in [5, 5.41) is 0. The third-order valence-corrected chi connectivity index (χ3v) is 3.94. The molecule has 104 valence electrons. The second-order valence-electron chi connectivity index (χ2n) is 5.41. The highest BCUT2D eigenvalue weighted by Gasteiger charge is 2.22. The number of likely N-dealkylation sites (tertiary alicyclic amines) is 1. The van der Waals surface area contributed by atoms with Gasteiger partial charge in [-0.15, -0.1) is 0 Å². The van der Waals surface area contributed by atoms with Crippen LogP contribution >= 0.6 is 0 Å². The van der Waals surface area contributed by atoms with E-state index in [0.717, 1.165) is 62.9 Å². The van der Waals surface area contributed by atoms with E-state index >= 15 is 0 Å². The monoisotopic (exact) mass is 262 g/mol. The molecule has 1 aromatic rings. The molecule has 1 aromatic carbocycles. The summed E-state index contributed by atoms with van der Waals surface area (Å²) >= 11 is 0. The predicted octanol–water partition coefficient (Wildman–Crippen LogP) is 0.501. The van der Waals surface area contributed by atoms with E-state index in [1.54, 1.807) is 0 Å². The first-order valence-corrected chi connectivity index (χ1v) is 6.97. The molecule has 2 aliphatic heterocycles. The maximum Gasteiger partial charge on any atom is 0.144 e. The third kappa shape index (κ3) is 2.77. The molecule has 2 aliphatic rings. The van der Waals surface area contributed by atoms with Crippen molar-refractivity contribution in [3.8, 4) is 5.75 Å². The minimum absolute atomic E-state index is 0.358. The quantitative estimate of drug-likeness (QED) is 0.777. The van der Waals surface area contributed by atoms with Gasteiger partial charge in [0.25, 0.3) is 0 Å². The first kappa shape index (κ1) is 12.6. The van der Waals surface area contributed by atoms with Crippen molar-refractivity contribution in [3.63, 3.8) is 0 Å². The lowest BCUT2D eigenvalue weighted by Crippen LogP contribution is -2.39. The molecule has 5 nitrogen and oxygen atoms in total. The van der Waals surface area contributed by atoms with E-state index in [4.69, 9.17) is 16.2 Å². The van der Waals surface area contributed by atoms with Crippen molar-refractivity contribution >= 4 is 11.4 Å². The number of rotatable bonds is 3. The van der Waals surface area contributed by atoms with Gasteiger partial charge in [0.1, 0.15) is 12.4 Å². The number of nitrogens with zero attached hydrogens (tertiary/aromatic N) is 2. The first-order valence-electron chi connectivity index (χ1n) is 6.97. The van der Waals surface area contributed by atoms with Crippen molar-refractivity contribution in [2.45, 2.75) is 12.5 Å². The number of hydrogen-bond donors (Lipinski definition) is 2. The molecular formula is C14H22N4O. The maximum atomic E-state index is 5.94. The molecule has 0 bridgehead atoms. The Morgan fingerprint density at radius 3 is 2.95 bits per heavy atom. The molecule has 0 aromatic heterocycles. The summed E-state index contributed by atoms with van der Waals surface area (Å²) in [6, 6.07) is 6.26. The van der Waals surface area contributed by atoms with Gasteiger partial charge >= 0.3 is 0 Å². The Balaban J connectivity index is 1.63. The predicted molar refractivity (Wildman–Crippen MR) is 77.6 cm³/mol. The summed E-state index contributed by atoms with van der Waals surface area (Å²) in [4.78, 5) is 4.82. The number of benzene rings is 1. The van der Waals surface area contributed by atoms with Gasteiger partial charge < -0.3 is 21.1 Å². The fraction of sp³-hybridized carbons (Fsp3) is 0.571. The Kier molecular flexibility index (Phi) is 3.48. The summed E-state index contributed by atoms with van der Waals surface area (Å²) in [5.41, 5.74) is 13.6. The smallest absolute Gasteiger partial charge is 0.144 e. The van der Waals surface area contributed by atoms with Gasteiger partial charge in [-0.3, -0.25) is 4.90 Å². The fourth-order valence-corrected chi connectivity index (χ4v) is 2.85. The lowest BCUT2D eigenvalue weighted by Gasteiger charge is -2.32. The molecule has 1 atom stereocenters. The van der Waals surface area contributed by atoms with Gasteiger partial charge in [-0.05, 0) is 25.1 Å². The van der Waals surface area contributed by atoms with Crippen LogP contribution < -0.4 is 21.1 Å². The highest BCUT2D eigenvalue weighted by molar-refractivity contribution is 5.65. The average molecular weight is 262 g/mol. The Hall–Kier alpha value is -1.46. The second-order valence-corrected chi connectivity index (χ2v) is 5.41. The van der Waals surface area contributed by atoms with Crippen LogP contribution in [0.1, 0.15) is 6.42 Å². The normalized spacial score (nSPS) is 23.2. The van der Waals surface area contributed by atoms with E-state index in [0.29, 0.717) is 6.04 Å². The van der Waals surface area contributed by atoms with E-state index in [-0.39, 0.29) is 0 Å².